The van der Waals surface area contributed by atoms with E-state index >= 15 is 0 Å². The summed E-state index contributed by atoms with van der Waals surface area (Å²) in [5.74, 6) is 0. The molecule has 0 radical (unpaired) electrons. The van der Waals surface area contributed by atoms with Gasteiger partial charge in [-0.3, -0.25) is 0 Å². The highest BCUT2D eigenvalue weighted by Crippen LogP contribution is 2.38. The third-order valence-corrected chi connectivity index (χ3v) is 3.30. The number of alkyl halides is 3. The Labute approximate surface area is 109 Å². The molecule has 2 aromatic rings. The van der Waals surface area contributed by atoms with Crippen molar-refractivity contribution < 1.29 is 13.2 Å². The lowest BCUT2D eigenvalue weighted by atomic mass is 10.0. The third-order valence-electron chi connectivity index (χ3n) is 3.30. The Hall–Kier alpha value is -1.96. The zero-order chi connectivity index (χ0) is 14.2. The molecule has 0 spiro atoms. The molecule has 0 atom stereocenters. The summed E-state index contributed by atoms with van der Waals surface area (Å²) < 4.78 is 40.5. The van der Waals surface area contributed by atoms with E-state index in [1.165, 1.54) is 7.05 Å². The highest BCUT2D eigenvalue weighted by atomic mass is 19.4. The van der Waals surface area contributed by atoms with Crippen LogP contribution in [0.5, 0.6) is 0 Å². The van der Waals surface area contributed by atoms with Crippen LogP contribution in [0.25, 0.3) is 10.9 Å². The van der Waals surface area contributed by atoms with Crippen LogP contribution in [0.2, 0.25) is 0 Å². The summed E-state index contributed by atoms with van der Waals surface area (Å²) in [5, 5.41) is 9.30. The van der Waals surface area contributed by atoms with Gasteiger partial charge in [0.1, 0.15) is 5.69 Å². The van der Waals surface area contributed by atoms with Crippen LogP contribution in [0, 0.1) is 11.3 Å². The SMILES string of the molecule is CCc1ccc2c(c1)c(CC#N)c(C(F)(F)F)n2C. The van der Waals surface area contributed by atoms with Crippen LogP contribution in [-0.2, 0) is 26.1 Å². The number of rotatable bonds is 2. The largest absolute Gasteiger partial charge is 0.431 e. The van der Waals surface area contributed by atoms with E-state index in [1.54, 1.807) is 12.1 Å². The number of aryl methyl sites for hydroxylation is 2. The second kappa shape index (κ2) is 4.61. The van der Waals surface area contributed by atoms with E-state index in [-0.39, 0.29) is 12.0 Å². The first-order valence-electron chi connectivity index (χ1n) is 5.94. The maximum absolute atomic E-state index is 13.1. The lowest BCUT2D eigenvalue weighted by Crippen LogP contribution is -2.13. The fourth-order valence-electron chi connectivity index (χ4n) is 2.41. The first-order chi connectivity index (χ1) is 8.90. The molecule has 19 heavy (non-hydrogen) atoms. The molecule has 0 fully saturated rings. The van der Waals surface area contributed by atoms with Crippen molar-refractivity contribution in [3.63, 3.8) is 0 Å². The zero-order valence-corrected chi connectivity index (χ0v) is 10.7. The Morgan fingerprint density at radius 3 is 2.53 bits per heavy atom. The van der Waals surface area contributed by atoms with Gasteiger partial charge in [0.15, 0.2) is 0 Å². The minimum Gasteiger partial charge on any atom is -0.340 e. The molecule has 0 N–H and O–H groups in total. The number of nitriles is 1. The summed E-state index contributed by atoms with van der Waals surface area (Å²) >= 11 is 0. The van der Waals surface area contributed by atoms with E-state index < -0.39 is 11.9 Å². The van der Waals surface area contributed by atoms with Gasteiger partial charge in [-0.1, -0.05) is 13.0 Å². The molecule has 0 amide bonds. The molecule has 0 aliphatic rings. The average molecular weight is 266 g/mol. The van der Waals surface area contributed by atoms with Gasteiger partial charge in [-0.05, 0) is 24.1 Å². The van der Waals surface area contributed by atoms with Crippen molar-refractivity contribution in [3.8, 4) is 6.07 Å². The van der Waals surface area contributed by atoms with Gasteiger partial charge >= 0.3 is 6.18 Å². The van der Waals surface area contributed by atoms with E-state index in [4.69, 9.17) is 5.26 Å². The van der Waals surface area contributed by atoms with Crippen molar-refractivity contribution in [2.24, 2.45) is 7.05 Å². The maximum Gasteiger partial charge on any atom is 0.431 e. The average Bonchev–Trinajstić information content (AvgIpc) is 2.62. The van der Waals surface area contributed by atoms with Crippen LogP contribution >= 0.6 is 0 Å². The topological polar surface area (TPSA) is 28.7 Å². The van der Waals surface area contributed by atoms with Gasteiger partial charge in [0.2, 0.25) is 0 Å². The number of hydrogen-bond donors (Lipinski definition) is 0. The molecule has 2 nitrogen and oxygen atoms in total. The molecule has 0 saturated carbocycles. The zero-order valence-electron chi connectivity index (χ0n) is 10.7. The molecule has 5 heteroatoms. The van der Waals surface area contributed by atoms with Crippen molar-refractivity contribution >= 4 is 10.9 Å². The van der Waals surface area contributed by atoms with Crippen LogP contribution in [0.3, 0.4) is 0 Å². The molecule has 100 valence electrons. The quantitative estimate of drug-likeness (QED) is 0.812. The van der Waals surface area contributed by atoms with Crippen LogP contribution < -0.4 is 0 Å². The highest BCUT2D eigenvalue weighted by molar-refractivity contribution is 5.86. The van der Waals surface area contributed by atoms with E-state index in [2.05, 4.69) is 0 Å². The molecule has 0 aliphatic heterocycles. The second-order valence-electron chi connectivity index (χ2n) is 4.42. The van der Waals surface area contributed by atoms with Gasteiger partial charge in [-0.25, -0.2) is 0 Å². The van der Waals surface area contributed by atoms with Crippen LogP contribution in [-0.4, -0.2) is 4.57 Å². The molecule has 0 aliphatic carbocycles. The molecule has 0 saturated heterocycles. The Bertz CT molecular complexity index is 660. The van der Waals surface area contributed by atoms with Gasteiger partial charge < -0.3 is 4.57 Å². The number of fused-ring (bicyclic) bond motifs is 1. The lowest BCUT2D eigenvalue weighted by molar-refractivity contribution is -0.143. The molecule has 2 rings (SSSR count). The summed E-state index contributed by atoms with van der Waals surface area (Å²) in [6.07, 6.45) is -3.94. The van der Waals surface area contributed by atoms with E-state index in [1.807, 2.05) is 19.1 Å². The number of benzene rings is 1. The molecule has 0 unspecified atom stereocenters. The van der Waals surface area contributed by atoms with Crippen molar-refractivity contribution in [2.75, 3.05) is 0 Å². The maximum atomic E-state index is 13.1. The van der Waals surface area contributed by atoms with Gasteiger partial charge in [0.05, 0.1) is 12.5 Å². The van der Waals surface area contributed by atoms with Crippen molar-refractivity contribution in [3.05, 3.63) is 35.0 Å². The van der Waals surface area contributed by atoms with Crippen LogP contribution in [0.1, 0.15) is 23.7 Å². The summed E-state index contributed by atoms with van der Waals surface area (Å²) in [7, 11) is 1.39. The minimum atomic E-state index is -4.45. The first kappa shape index (κ1) is 13.5. The predicted octanol–water partition coefficient (Wildman–Crippen LogP) is 3.83. The number of hydrogen-bond acceptors (Lipinski definition) is 1. The minimum absolute atomic E-state index is 0.0720. The van der Waals surface area contributed by atoms with E-state index in [0.29, 0.717) is 10.9 Å². The summed E-state index contributed by atoms with van der Waals surface area (Å²) in [5.41, 5.74) is 0.820. The molecular weight excluding hydrogens is 253 g/mol. The van der Waals surface area contributed by atoms with Crippen LogP contribution in [0.4, 0.5) is 13.2 Å². The van der Waals surface area contributed by atoms with Crippen molar-refractivity contribution in [2.45, 2.75) is 25.9 Å². The number of halogens is 3. The monoisotopic (exact) mass is 266 g/mol. The lowest BCUT2D eigenvalue weighted by Gasteiger charge is -2.09. The van der Waals surface area contributed by atoms with Crippen molar-refractivity contribution in [1.29, 1.82) is 5.26 Å². The molecular formula is C14H13F3N2. The number of nitrogens with zero attached hydrogens (tertiary/aromatic N) is 2. The smallest absolute Gasteiger partial charge is 0.340 e. The molecule has 1 aromatic heterocycles. The Morgan fingerprint density at radius 2 is 2.00 bits per heavy atom. The van der Waals surface area contributed by atoms with Crippen molar-refractivity contribution in [1.82, 2.24) is 4.57 Å². The van der Waals surface area contributed by atoms with Gasteiger partial charge in [0.25, 0.3) is 0 Å². The van der Waals surface area contributed by atoms with Gasteiger partial charge in [-0.2, -0.15) is 18.4 Å². The first-order valence-corrected chi connectivity index (χ1v) is 5.94. The third kappa shape index (κ3) is 2.19. The summed E-state index contributed by atoms with van der Waals surface area (Å²) in [6.45, 7) is 1.94. The number of aromatic nitrogens is 1. The second-order valence-corrected chi connectivity index (χ2v) is 4.42. The normalized spacial score (nSPS) is 11.8. The summed E-state index contributed by atoms with van der Waals surface area (Å²) in [4.78, 5) is 0. The standard InChI is InChI=1S/C14H13F3N2/c1-3-9-4-5-12-11(8-9)10(6-7-18)13(19(12)2)14(15,16)17/h4-5,8H,3,6H2,1-2H3. The fourth-order valence-corrected chi connectivity index (χ4v) is 2.41. The molecule has 1 aromatic carbocycles. The summed E-state index contributed by atoms with van der Waals surface area (Å²) in [6, 6.07) is 7.08. The van der Waals surface area contributed by atoms with Gasteiger partial charge in [0, 0.05) is 23.5 Å². The predicted molar refractivity (Wildman–Crippen MR) is 66.6 cm³/mol. The molecule has 0 bridgehead atoms. The Kier molecular flexibility index (Phi) is 3.27. The Balaban J connectivity index is 2.85. The van der Waals surface area contributed by atoms with Gasteiger partial charge in [-0.15, -0.1) is 0 Å². The Morgan fingerprint density at radius 1 is 1.32 bits per heavy atom. The van der Waals surface area contributed by atoms with E-state index in [0.717, 1.165) is 16.6 Å². The fraction of sp³-hybridized carbons (Fsp3) is 0.357. The van der Waals surface area contributed by atoms with Crippen LogP contribution in [0.15, 0.2) is 18.2 Å². The van der Waals surface area contributed by atoms with E-state index in [9.17, 15) is 13.2 Å². The highest BCUT2D eigenvalue weighted by Gasteiger charge is 2.38. The molecule has 1 heterocycles.